The van der Waals surface area contributed by atoms with Crippen molar-refractivity contribution in [2.45, 2.75) is 13.0 Å². The van der Waals surface area contributed by atoms with Gasteiger partial charge in [-0.15, -0.1) is 0 Å². The van der Waals surface area contributed by atoms with Crippen molar-refractivity contribution in [2.75, 3.05) is 6.61 Å². The van der Waals surface area contributed by atoms with E-state index in [1.807, 2.05) is 0 Å². The Hall–Kier alpha value is -2.44. The van der Waals surface area contributed by atoms with E-state index in [0.717, 1.165) is 0 Å². The predicted octanol–water partition coefficient (Wildman–Crippen LogP) is 2.40. The van der Waals surface area contributed by atoms with E-state index in [1.165, 1.54) is 22.9 Å². The number of halogens is 1. The molecule has 0 saturated carbocycles. The first-order valence-electron chi connectivity index (χ1n) is 5.71. The third-order valence-electron chi connectivity index (χ3n) is 2.43. The molecule has 0 atom stereocenters. The van der Waals surface area contributed by atoms with Crippen LogP contribution < -0.4 is 4.74 Å². The average molecular weight is 265 g/mol. The first-order chi connectivity index (χ1) is 9.15. The molecule has 0 aliphatic rings. The zero-order valence-electron chi connectivity index (χ0n) is 10.0. The molecule has 6 nitrogen and oxygen atoms in total. The Morgan fingerprint density at radius 2 is 2.05 bits per heavy atom. The zero-order valence-corrected chi connectivity index (χ0v) is 10.0. The Morgan fingerprint density at radius 3 is 2.68 bits per heavy atom. The second-order valence-electron chi connectivity index (χ2n) is 3.85. The smallest absolute Gasteiger partial charge is 0.389 e. The maximum absolute atomic E-state index is 12.6. The summed E-state index contributed by atoms with van der Waals surface area (Å²) in [6, 6.07) is 7.10. The number of aryl methyl sites for hydroxylation is 1. The number of nitrogens with zero attached hydrogens (tertiary/aromatic N) is 3. The number of aromatic nitrogens is 2. The summed E-state index contributed by atoms with van der Waals surface area (Å²) in [4.78, 5) is 9.89. The second-order valence-corrected chi connectivity index (χ2v) is 3.85. The zero-order chi connectivity index (χ0) is 13.7. The molecule has 19 heavy (non-hydrogen) atoms. The van der Waals surface area contributed by atoms with Crippen molar-refractivity contribution in [3.63, 3.8) is 0 Å². The number of benzene rings is 1. The number of nitro groups is 1. The van der Waals surface area contributed by atoms with Crippen LogP contribution in [-0.2, 0) is 6.54 Å². The van der Waals surface area contributed by atoms with Crippen LogP contribution in [0.1, 0.15) is 6.42 Å². The quantitative estimate of drug-likeness (QED) is 0.457. The minimum Gasteiger partial charge on any atom is -0.494 e. The van der Waals surface area contributed by atoms with Gasteiger partial charge < -0.3 is 14.9 Å². The lowest BCUT2D eigenvalue weighted by atomic mass is 10.3. The minimum absolute atomic E-state index is 0.167. The largest absolute Gasteiger partial charge is 0.494 e. The fourth-order valence-electron chi connectivity index (χ4n) is 1.52. The van der Waals surface area contributed by atoms with E-state index in [0.29, 0.717) is 25.3 Å². The van der Waals surface area contributed by atoms with Crippen molar-refractivity contribution in [3.8, 4) is 5.75 Å². The Balaban J connectivity index is 1.74. The summed E-state index contributed by atoms with van der Waals surface area (Å²) >= 11 is 0. The summed E-state index contributed by atoms with van der Waals surface area (Å²) in [6.45, 7) is 0.953. The van der Waals surface area contributed by atoms with Crippen LogP contribution in [-0.4, -0.2) is 21.3 Å². The Morgan fingerprint density at radius 1 is 1.32 bits per heavy atom. The van der Waals surface area contributed by atoms with Gasteiger partial charge in [-0.1, -0.05) is 0 Å². The number of hydrogen-bond donors (Lipinski definition) is 0. The van der Waals surface area contributed by atoms with Crippen LogP contribution in [0.15, 0.2) is 36.5 Å². The van der Waals surface area contributed by atoms with E-state index in [1.54, 1.807) is 18.3 Å². The van der Waals surface area contributed by atoms with Crippen molar-refractivity contribution in [1.29, 1.82) is 0 Å². The molecule has 7 heteroatoms. The topological polar surface area (TPSA) is 70.2 Å². The van der Waals surface area contributed by atoms with Crippen molar-refractivity contribution < 1.29 is 14.1 Å². The Kier molecular flexibility index (Phi) is 4.07. The van der Waals surface area contributed by atoms with Crippen molar-refractivity contribution >= 4 is 5.82 Å². The molecule has 0 saturated heterocycles. The molecule has 0 spiro atoms. The van der Waals surface area contributed by atoms with Gasteiger partial charge in [0.15, 0.2) is 0 Å². The minimum atomic E-state index is -0.536. The lowest BCUT2D eigenvalue weighted by molar-refractivity contribution is -0.389. The molecule has 0 fully saturated rings. The second kappa shape index (κ2) is 5.94. The van der Waals surface area contributed by atoms with Crippen LogP contribution >= 0.6 is 0 Å². The van der Waals surface area contributed by atoms with Gasteiger partial charge in [0, 0.05) is 6.42 Å². The first-order valence-corrected chi connectivity index (χ1v) is 5.71. The third-order valence-corrected chi connectivity index (χ3v) is 2.43. The molecule has 1 aromatic heterocycles. The SMILES string of the molecule is O=[N+]([O-])c1ccn(CCCOc2ccc(F)cc2)n1. The van der Waals surface area contributed by atoms with Crippen LogP contribution in [0, 0.1) is 15.9 Å². The van der Waals surface area contributed by atoms with Crippen molar-refractivity contribution in [3.05, 3.63) is 52.5 Å². The normalized spacial score (nSPS) is 10.4. The first kappa shape index (κ1) is 13.0. The fraction of sp³-hybridized carbons (Fsp3) is 0.250. The molecule has 0 radical (unpaired) electrons. The maximum atomic E-state index is 12.6. The van der Waals surface area contributed by atoms with Crippen LogP contribution in [0.25, 0.3) is 0 Å². The van der Waals surface area contributed by atoms with Crippen LogP contribution in [0.3, 0.4) is 0 Å². The number of ether oxygens (including phenoxy) is 1. The molecule has 2 aromatic rings. The van der Waals surface area contributed by atoms with E-state index >= 15 is 0 Å². The monoisotopic (exact) mass is 265 g/mol. The van der Waals surface area contributed by atoms with Crippen LogP contribution in [0.4, 0.5) is 10.2 Å². The van der Waals surface area contributed by atoms with Gasteiger partial charge in [0.05, 0.1) is 30.5 Å². The molecule has 1 aromatic carbocycles. The average Bonchev–Trinajstić information content (AvgIpc) is 2.86. The third kappa shape index (κ3) is 3.77. The maximum Gasteiger partial charge on any atom is 0.389 e. The molecule has 0 N–H and O–H groups in total. The lowest BCUT2D eigenvalue weighted by Gasteiger charge is -2.04. The van der Waals surface area contributed by atoms with Gasteiger partial charge >= 0.3 is 5.82 Å². The van der Waals surface area contributed by atoms with Gasteiger partial charge in [-0.25, -0.2) is 4.39 Å². The van der Waals surface area contributed by atoms with Gasteiger partial charge in [-0.05, 0) is 29.2 Å². The van der Waals surface area contributed by atoms with E-state index in [-0.39, 0.29) is 11.6 Å². The van der Waals surface area contributed by atoms with Gasteiger partial charge in [-0.2, -0.15) is 4.68 Å². The van der Waals surface area contributed by atoms with E-state index in [2.05, 4.69) is 5.10 Å². The van der Waals surface area contributed by atoms with Crippen molar-refractivity contribution in [2.24, 2.45) is 0 Å². The highest BCUT2D eigenvalue weighted by Crippen LogP contribution is 2.11. The summed E-state index contributed by atoms with van der Waals surface area (Å²) < 4.78 is 19.5. The molecule has 1 heterocycles. The number of hydrogen-bond acceptors (Lipinski definition) is 4. The Labute approximate surface area is 108 Å². The van der Waals surface area contributed by atoms with Gasteiger partial charge in [0.25, 0.3) is 0 Å². The highest BCUT2D eigenvalue weighted by Gasteiger charge is 2.09. The van der Waals surface area contributed by atoms with Crippen LogP contribution in [0.2, 0.25) is 0 Å². The molecular formula is C12H12FN3O3. The molecule has 0 aliphatic heterocycles. The Bertz CT molecular complexity index is 554. The van der Waals surface area contributed by atoms with E-state index < -0.39 is 4.92 Å². The van der Waals surface area contributed by atoms with Gasteiger partial charge in [0.1, 0.15) is 11.6 Å². The van der Waals surface area contributed by atoms with Gasteiger partial charge in [-0.3, -0.25) is 0 Å². The highest BCUT2D eigenvalue weighted by molar-refractivity contribution is 5.21. The lowest BCUT2D eigenvalue weighted by Crippen LogP contribution is -2.05. The molecular weight excluding hydrogens is 253 g/mol. The molecule has 100 valence electrons. The van der Waals surface area contributed by atoms with E-state index in [9.17, 15) is 14.5 Å². The van der Waals surface area contributed by atoms with Gasteiger partial charge in [0.2, 0.25) is 0 Å². The van der Waals surface area contributed by atoms with Crippen molar-refractivity contribution in [1.82, 2.24) is 9.78 Å². The molecule has 0 amide bonds. The summed E-state index contributed by atoms with van der Waals surface area (Å²) in [6.07, 6.45) is 2.20. The molecule has 0 bridgehead atoms. The fourth-order valence-corrected chi connectivity index (χ4v) is 1.52. The summed E-state index contributed by atoms with van der Waals surface area (Å²) in [7, 11) is 0. The summed E-state index contributed by atoms with van der Waals surface area (Å²) in [5.74, 6) is 0.114. The summed E-state index contributed by atoms with van der Waals surface area (Å²) in [5, 5.41) is 14.2. The highest BCUT2D eigenvalue weighted by atomic mass is 19.1. The summed E-state index contributed by atoms with van der Waals surface area (Å²) in [5.41, 5.74) is 0. The molecule has 0 aliphatic carbocycles. The predicted molar refractivity (Wildman–Crippen MR) is 65.4 cm³/mol. The number of rotatable bonds is 6. The molecule has 0 unspecified atom stereocenters. The molecule has 2 rings (SSSR count). The van der Waals surface area contributed by atoms with E-state index in [4.69, 9.17) is 4.74 Å². The van der Waals surface area contributed by atoms with Crippen LogP contribution in [0.5, 0.6) is 5.75 Å². The standard InChI is InChI=1S/C12H12FN3O3/c13-10-2-4-11(5-3-10)19-9-1-7-15-8-6-12(14-15)16(17)18/h2-6,8H,1,7,9H2.